The predicted octanol–water partition coefficient (Wildman–Crippen LogP) is 5.61. The van der Waals surface area contributed by atoms with Crippen LogP contribution in [0.4, 0.5) is 17.1 Å². The summed E-state index contributed by atoms with van der Waals surface area (Å²) < 4.78 is 0. The van der Waals surface area contributed by atoms with Gasteiger partial charge in [-0.15, -0.1) is 0 Å². The first-order chi connectivity index (χ1) is 12.7. The van der Waals surface area contributed by atoms with E-state index in [9.17, 15) is 10.1 Å². The van der Waals surface area contributed by atoms with Crippen LogP contribution >= 0.6 is 0 Å². The fraction of sp³-hybridized carbons (Fsp3) is 0.429. The summed E-state index contributed by atoms with van der Waals surface area (Å²) in [6, 6.07) is 15.3. The smallest absolute Gasteiger partial charge is 0.292 e. The summed E-state index contributed by atoms with van der Waals surface area (Å²) in [6.07, 6.45) is 4.50. The van der Waals surface area contributed by atoms with Crippen LogP contribution in [0.2, 0.25) is 0 Å². The minimum absolute atomic E-state index is 0.121. The molecule has 2 rings (SSSR count). The molecule has 0 aromatic heterocycles. The van der Waals surface area contributed by atoms with Crippen molar-refractivity contribution < 1.29 is 4.92 Å². The number of hydrogen-bond donors (Lipinski definition) is 1. The van der Waals surface area contributed by atoms with Crippen molar-refractivity contribution in [1.29, 1.82) is 0 Å². The number of nitro benzene ring substituents is 1. The zero-order valence-electron chi connectivity index (χ0n) is 15.8. The van der Waals surface area contributed by atoms with Gasteiger partial charge in [0.25, 0.3) is 5.69 Å². The number of nitrogens with zero attached hydrogens (tertiary/aromatic N) is 2. The van der Waals surface area contributed by atoms with Crippen LogP contribution in [-0.2, 0) is 6.54 Å². The van der Waals surface area contributed by atoms with Crippen molar-refractivity contribution >= 4 is 17.1 Å². The third-order valence-electron chi connectivity index (χ3n) is 4.43. The predicted molar refractivity (Wildman–Crippen MR) is 109 cm³/mol. The van der Waals surface area contributed by atoms with Crippen LogP contribution in [0.15, 0.2) is 48.5 Å². The fourth-order valence-electron chi connectivity index (χ4n) is 2.88. The first-order valence-electron chi connectivity index (χ1n) is 9.46. The summed E-state index contributed by atoms with van der Waals surface area (Å²) in [4.78, 5) is 13.4. The Balaban J connectivity index is 2.22. The van der Waals surface area contributed by atoms with Crippen molar-refractivity contribution in [2.75, 3.05) is 23.3 Å². The van der Waals surface area contributed by atoms with E-state index in [2.05, 4.69) is 24.1 Å². The van der Waals surface area contributed by atoms with Crippen molar-refractivity contribution in [3.05, 3.63) is 64.2 Å². The van der Waals surface area contributed by atoms with E-state index in [-0.39, 0.29) is 10.6 Å². The lowest BCUT2D eigenvalue weighted by atomic mass is 10.1. The van der Waals surface area contributed by atoms with Crippen molar-refractivity contribution in [3.8, 4) is 0 Å². The lowest BCUT2D eigenvalue weighted by molar-refractivity contribution is -0.384. The van der Waals surface area contributed by atoms with Gasteiger partial charge in [-0.1, -0.05) is 57.0 Å². The summed E-state index contributed by atoms with van der Waals surface area (Å²) in [5.41, 5.74) is 2.85. The first-order valence-corrected chi connectivity index (χ1v) is 9.46. The number of anilines is 2. The van der Waals surface area contributed by atoms with E-state index in [0.29, 0.717) is 12.2 Å². The Kier molecular flexibility index (Phi) is 7.93. The van der Waals surface area contributed by atoms with Crippen molar-refractivity contribution in [2.24, 2.45) is 0 Å². The molecule has 0 bridgehead atoms. The van der Waals surface area contributed by atoms with Gasteiger partial charge in [-0.2, -0.15) is 0 Å². The molecule has 26 heavy (non-hydrogen) atoms. The van der Waals surface area contributed by atoms with Gasteiger partial charge in [0, 0.05) is 31.4 Å². The molecule has 0 aliphatic rings. The largest absolute Gasteiger partial charge is 0.375 e. The summed E-state index contributed by atoms with van der Waals surface area (Å²) in [7, 11) is 0. The molecule has 0 radical (unpaired) electrons. The molecule has 0 heterocycles. The number of nitrogens with one attached hydrogen (secondary N) is 1. The fourth-order valence-corrected chi connectivity index (χ4v) is 2.88. The highest BCUT2D eigenvalue weighted by Gasteiger charge is 2.16. The van der Waals surface area contributed by atoms with E-state index in [1.165, 1.54) is 0 Å². The molecule has 5 nitrogen and oxygen atoms in total. The van der Waals surface area contributed by atoms with E-state index in [0.717, 1.165) is 50.0 Å². The molecule has 2 aromatic carbocycles. The maximum absolute atomic E-state index is 11.4. The average molecular weight is 355 g/mol. The molecular formula is C21H29N3O2. The molecule has 140 valence electrons. The maximum atomic E-state index is 11.4. The second-order valence-electron chi connectivity index (χ2n) is 6.49. The molecule has 0 atom stereocenters. The minimum Gasteiger partial charge on any atom is -0.375 e. The Morgan fingerprint density at radius 3 is 2.23 bits per heavy atom. The zero-order chi connectivity index (χ0) is 18.8. The van der Waals surface area contributed by atoms with Crippen LogP contribution < -0.4 is 10.2 Å². The van der Waals surface area contributed by atoms with Crippen LogP contribution in [0.1, 0.15) is 45.1 Å². The molecule has 0 amide bonds. The highest BCUT2D eigenvalue weighted by molar-refractivity contribution is 5.69. The highest BCUT2D eigenvalue weighted by Crippen LogP contribution is 2.30. The molecule has 0 saturated carbocycles. The lowest BCUT2D eigenvalue weighted by Crippen LogP contribution is -2.25. The Morgan fingerprint density at radius 2 is 1.65 bits per heavy atom. The van der Waals surface area contributed by atoms with Crippen LogP contribution in [0.5, 0.6) is 0 Å². The van der Waals surface area contributed by atoms with Crippen LogP contribution in [-0.4, -0.2) is 18.0 Å². The molecule has 0 spiro atoms. The number of hydrogen-bond acceptors (Lipinski definition) is 4. The lowest BCUT2D eigenvalue weighted by Gasteiger charge is -2.25. The third kappa shape index (κ3) is 5.76. The number of benzene rings is 2. The third-order valence-corrected chi connectivity index (χ3v) is 4.43. The van der Waals surface area contributed by atoms with Crippen LogP contribution in [0.25, 0.3) is 0 Å². The van der Waals surface area contributed by atoms with Gasteiger partial charge in [0.2, 0.25) is 0 Å². The standard InChI is InChI=1S/C21H29N3O2/c1-3-5-14-23(15-6-4-2)19-12-13-21(24(25)26)20(16-19)22-17-18-10-8-7-9-11-18/h7-13,16,22H,3-6,14-15,17H2,1-2H3. The monoisotopic (exact) mass is 355 g/mol. The number of nitro groups is 1. The average Bonchev–Trinajstić information content (AvgIpc) is 2.67. The van der Waals surface area contributed by atoms with E-state index in [4.69, 9.17) is 0 Å². The maximum Gasteiger partial charge on any atom is 0.292 e. The van der Waals surface area contributed by atoms with E-state index in [1.807, 2.05) is 42.5 Å². The SMILES string of the molecule is CCCCN(CCCC)c1ccc([N+](=O)[O-])c(NCc2ccccc2)c1. The Morgan fingerprint density at radius 1 is 1.00 bits per heavy atom. The molecule has 1 N–H and O–H groups in total. The van der Waals surface area contributed by atoms with Gasteiger partial charge in [0.05, 0.1) is 4.92 Å². The van der Waals surface area contributed by atoms with Gasteiger partial charge < -0.3 is 10.2 Å². The molecule has 0 aliphatic carbocycles. The minimum atomic E-state index is -0.320. The van der Waals surface area contributed by atoms with Crippen LogP contribution in [0, 0.1) is 10.1 Å². The van der Waals surface area contributed by atoms with E-state index >= 15 is 0 Å². The van der Waals surface area contributed by atoms with Gasteiger partial charge in [-0.05, 0) is 30.5 Å². The van der Waals surface area contributed by atoms with Gasteiger partial charge in [0.15, 0.2) is 0 Å². The Bertz CT molecular complexity index is 681. The Labute approximate surface area is 156 Å². The van der Waals surface area contributed by atoms with Crippen molar-refractivity contribution in [2.45, 2.75) is 46.1 Å². The normalized spacial score (nSPS) is 10.5. The molecule has 5 heteroatoms. The summed E-state index contributed by atoms with van der Waals surface area (Å²) in [5, 5.41) is 14.7. The first kappa shape index (κ1) is 19.8. The number of rotatable bonds is 11. The summed E-state index contributed by atoms with van der Waals surface area (Å²) in [6.45, 7) is 6.88. The summed E-state index contributed by atoms with van der Waals surface area (Å²) in [5.74, 6) is 0. The molecular weight excluding hydrogens is 326 g/mol. The van der Waals surface area contributed by atoms with E-state index < -0.39 is 0 Å². The quantitative estimate of drug-likeness (QED) is 0.420. The second kappa shape index (κ2) is 10.4. The zero-order valence-corrected chi connectivity index (χ0v) is 15.8. The van der Waals surface area contributed by atoms with Crippen molar-refractivity contribution in [1.82, 2.24) is 0 Å². The molecule has 0 aliphatic heterocycles. The van der Waals surface area contributed by atoms with Crippen LogP contribution in [0.3, 0.4) is 0 Å². The van der Waals surface area contributed by atoms with Crippen molar-refractivity contribution in [3.63, 3.8) is 0 Å². The highest BCUT2D eigenvalue weighted by atomic mass is 16.6. The molecule has 0 saturated heterocycles. The Hall–Kier alpha value is -2.56. The molecule has 2 aromatic rings. The number of unbranched alkanes of at least 4 members (excludes halogenated alkanes) is 2. The topological polar surface area (TPSA) is 58.4 Å². The van der Waals surface area contributed by atoms with Gasteiger partial charge in [-0.25, -0.2) is 0 Å². The van der Waals surface area contributed by atoms with Gasteiger partial charge in [-0.3, -0.25) is 10.1 Å². The van der Waals surface area contributed by atoms with Gasteiger partial charge in [0.1, 0.15) is 5.69 Å². The molecule has 0 unspecified atom stereocenters. The second-order valence-corrected chi connectivity index (χ2v) is 6.49. The van der Waals surface area contributed by atoms with Gasteiger partial charge >= 0.3 is 0 Å². The summed E-state index contributed by atoms with van der Waals surface area (Å²) >= 11 is 0. The molecule has 0 fully saturated rings. The van der Waals surface area contributed by atoms with E-state index in [1.54, 1.807) is 6.07 Å².